The second kappa shape index (κ2) is 8.79. The van der Waals surface area contributed by atoms with Gasteiger partial charge in [0.2, 0.25) is 5.91 Å². The molecule has 0 radical (unpaired) electrons. The molecule has 0 bridgehead atoms. The molecule has 1 unspecified atom stereocenters. The van der Waals surface area contributed by atoms with E-state index in [2.05, 4.69) is 4.98 Å². The van der Waals surface area contributed by atoms with Crippen LogP contribution in [-0.2, 0) is 16.0 Å². The number of oxazole rings is 1. The lowest BCUT2D eigenvalue weighted by Crippen LogP contribution is -2.40. The van der Waals surface area contributed by atoms with Gasteiger partial charge in [-0.2, -0.15) is 0 Å². The van der Waals surface area contributed by atoms with E-state index in [1.54, 1.807) is 23.1 Å². The minimum absolute atomic E-state index is 0.0145. The first-order valence-corrected chi connectivity index (χ1v) is 9.22. The highest BCUT2D eigenvalue weighted by Crippen LogP contribution is 2.24. The summed E-state index contributed by atoms with van der Waals surface area (Å²) < 4.78 is 19.4. The maximum Gasteiger partial charge on any atom is 0.303 e. The van der Waals surface area contributed by atoms with Gasteiger partial charge in [0.1, 0.15) is 5.82 Å². The first-order valence-electron chi connectivity index (χ1n) is 9.22. The average Bonchev–Trinajstić information content (AvgIpc) is 3.14. The number of carbonyl (C=O) groups excluding carboxylic acids is 1. The topological polar surface area (TPSA) is 83.6 Å². The monoisotopic (exact) mass is 374 g/mol. The molecule has 1 aromatic heterocycles. The molecule has 3 rings (SSSR count). The lowest BCUT2D eigenvalue weighted by Gasteiger charge is -2.32. The van der Waals surface area contributed by atoms with Crippen molar-refractivity contribution in [3.05, 3.63) is 42.2 Å². The number of likely N-dealkylation sites (tertiary alicyclic amines) is 1. The van der Waals surface area contributed by atoms with Crippen molar-refractivity contribution in [2.75, 3.05) is 13.1 Å². The normalized spacial score (nSPS) is 17.1. The second-order valence-corrected chi connectivity index (χ2v) is 6.88. The van der Waals surface area contributed by atoms with Crippen LogP contribution < -0.4 is 0 Å². The van der Waals surface area contributed by atoms with Crippen LogP contribution in [0.3, 0.4) is 0 Å². The molecule has 6 nitrogen and oxygen atoms in total. The third-order valence-corrected chi connectivity index (χ3v) is 4.88. The van der Waals surface area contributed by atoms with Gasteiger partial charge in [0.05, 0.1) is 11.8 Å². The lowest BCUT2D eigenvalue weighted by atomic mass is 9.93. The second-order valence-electron chi connectivity index (χ2n) is 6.88. The number of carboxylic acid groups (broad SMARTS) is 1. The number of halogens is 1. The van der Waals surface area contributed by atoms with Gasteiger partial charge in [0, 0.05) is 32.4 Å². The van der Waals surface area contributed by atoms with Gasteiger partial charge < -0.3 is 14.4 Å². The molecule has 1 aromatic carbocycles. The van der Waals surface area contributed by atoms with E-state index in [9.17, 15) is 14.0 Å². The van der Waals surface area contributed by atoms with E-state index in [1.165, 1.54) is 12.3 Å². The Morgan fingerprint density at radius 1 is 1.30 bits per heavy atom. The molecular formula is C20H23FN2O4. The smallest absolute Gasteiger partial charge is 0.303 e. The van der Waals surface area contributed by atoms with Crippen LogP contribution in [0.1, 0.15) is 38.0 Å². The van der Waals surface area contributed by atoms with Gasteiger partial charge in [-0.05, 0) is 37.3 Å². The molecule has 2 heterocycles. The Morgan fingerprint density at radius 3 is 2.89 bits per heavy atom. The molecular weight excluding hydrogens is 351 g/mol. The van der Waals surface area contributed by atoms with Gasteiger partial charge >= 0.3 is 5.97 Å². The maximum atomic E-state index is 13.8. The Hall–Kier alpha value is -2.70. The fraction of sp³-hybridized carbons (Fsp3) is 0.450. The zero-order valence-corrected chi connectivity index (χ0v) is 15.1. The van der Waals surface area contributed by atoms with Crippen molar-refractivity contribution in [1.29, 1.82) is 0 Å². The Morgan fingerprint density at radius 2 is 2.11 bits per heavy atom. The Kier molecular flexibility index (Phi) is 6.21. The van der Waals surface area contributed by atoms with Crippen molar-refractivity contribution in [3.63, 3.8) is 0 Å². The van der Waals surface area contributed by atoms with Crippen molar-refractivity contribution < 1.29 is 23.5 Å². The molecule has 0 spiro atoms. The standard InChI is InChI=1S/C20H23FN2O4/c21-16-6-2-1-5-15(16)17-12-22-18(27-17)8-9-19(24)23-11-3-4-14(13-23)7-10-20(25)26/h1-2,5-6,12,14H,3-4,7-11,13H2,(H,25,26). The van der Waals surface area contributed by atoms with Crippen molar-refractivity contribution in [1.82, 2.24) is 9.88 Å². The molecule has 2 aromatic rings. The Balaban J connectivity index is 1.52. The average molecular weight is 374 g/mol. The van der Waals surface area contributed by atoms with E-state index in [4.69, 9.17) is 9.52 Å². The number of amides is 1. The largest absolute Gasteiger partial charge is 0.481 e. The molecule has 1 saturated heterocycles. The number of aromatic nitrogens is 1. The fourth-order valence-corrected chi connectivity index (χ4v) is 3.44. The van der Waals surface area contributed by atoms with Crippen LogP contribution in [-0.4, -0.2) is 40.0 Å². The van der Waals surface area contributed by atoms with Gasteiger partial charge in [0.25, 0.3) is 0 Å². The van der Waals surface area contributed by atoms with Gasteiger partial charge in [0.15, 0.2) is 11.7 Å². The molecule has 0 aliphatic carbocycles. The van der Waals surface area contributed by atoms with Gasteiger partial charge in [-0.25, -0.2) is 9.37 Å². The predicted octanol–water partition coefficient (Wildman–Crippen LogP) is 3.52. The Bertz CT molecular complexity index is 805. The molecule has 1 aliphatic rings. The molecule has 0 saturated carbocycles. The first kappa shape index (κ1) is 19.1. The number of benzene rings is 1. The van der Waals surface area contributed by atoms with E-state index in [-0.39, 0.29) is 30.5 Å². The van der Waals surface area contributed by atoms with Crippen molar-refractivity contribution in [3.8, 4) is 11.3 Å². The molecule has 144 valence electrons. The highest BCUT2D eigenvalue weighted by atomic mass is 19.1. The van der Waals surface area contributed by atoms with Crippen LogP contribution in [0.25, 0.3) is 11.3 Å². The summed E-state index contributed by atoms with van der Waals surface area (Å²) in [5.41, 5.74) is 0.347. The van der Waals surface area contributed by atoms with Crippen LogP contribution >= 0.6 is 0 Å². The quantitative estimate of drug-likeness (QED) is 0.802. The number of hydrogen-bond acceptors (Lipinski definition) is 4. The summed E-state index contributed by atoms with van der Waals surface area (Å²) in [4.78, 5) is 29.1. The highest BCUT2D eigenvalue weighted by Gasteiger charge is 2.24. The number of hydrogen-bond donors (Lipinski definition) is 1. The lowest BCUT2D eigenvalue weighted by molar-refractivity contribution is -0.137. The molecule has 27 heavy (non-hydrogen) atoms. The minimum atomic E-state index is -0.798. The molecule has 7 heteroatoms. The zero-order chi connectivity index (χ0) is 19.2. The third-order valence-electron chi connectivity index (χ3n) is 4.88. The van der Waals surface area contributed by atoms with Gasteiger partial charge in [-0.3, -0.25) is 9.59 Å². The number of carbonyl (C=O) groups is 2. The van der Waals surface area contributed by atoms with Gasteiger partial charge in [-0.15, -0.1) is 0 Å². The van der Waals surface area contributed by atoms with Crippen LogP contribution in [0.15, 0.2) is 34.9 Å². The van der Waals surface area contributed by atoms with Crippen LogP contribution in [0.2, 0.25) is 0 Å². The Labute approximate surface area is 157 Å². The summed E-state index contributed by atoms with van der Waals surface area (Å²) in [5, 5.41) is 8.81. The number of nitrogens with zero attached hydrogens (tertiary/aromatic N) is 2. The number of carboxylic acids is 1. The van der Waals surface area contributed by atoms with E-state index >= 15 is 0 Å². The minimum Gasteiger partial charge on any atom is -0.481 e. The summed E-state index contributed by atoms with van der Waals surface area (Å²) in [6.07, 6.45) is 4.69. The van der Waals surface area contributed by atoms with Crippen molar-refractivity contribution >= 4 is 11.9 Å². The molecule has 1 aliphatic heterocycles. The van der Waals surface area contributed by atoms with Crippen LogP contribution in [0.4, 0.5) is 4.39 Å². The van der Waals surface area contributed by atoms with Crippen LogP contribution in [0, 0.1) is 11.7 Å². The molecule has 1 atom stereocenters. The summed E-state index contributed by atoms with van der Waals surface area (Å²) >= 11 is 0. The number of rotatable bonds is 7. The maximum absolute atomic E-state index is 13.8. The van der Waals surface area contributed by atoms with E-state index in [1.807, 2.05) is 0 Å². The predicted molar refractivity (Wildman–Crippen MR) is 96.4 cm³/mol. The third kappa shape index (κ3) is 5.15. The highest BCUT2D eigenvalue weighted by molar-refractivity contribution is 5.76. The number of aryl methyl sites for hydroxylation is 1. The molecule has 1 N–H and O–H groups in total. The fourth-order valence-electron chi connectivity index (χ4n) is 3.44. The SMILES string of the molecule is O=C(O)CCC1CCCN(C(=O)CCc2ncc(-c3ccccc3F)o2)C1. The van der Waals surface area contributed by atoms with Crippen molar-refractivity contribution in [2.45, 2.75) is 38.5 Å². The summed E-state index contributed by atoms with van der Waals surface area (Å²) in [7, 11) is 0. The summed E-state index contributed by atoms with van der Waals surface area (Å²) in [5.74, 6) is -0.165. The summed E-state index contributed by atoms with van der Waals surface area (Å²) in [6.45, 7) is 1.31. The van der Waals surface area contributed by atoms with Crippen molar-refractivity contribution in [2.24, 2.45) is 5.92 Å². The number of aliphatic carboxylic acids is 1. The van der Waals surface area contributed by atoms with E-state index < -0.39 is 5.97 Å². The summed E-state index contributed by atoms with van der Waals surface area (Å²) in [6, 6.07) is 6.31. The van der Waals surface area contributed by atoms with E-state index in [0.717, 1.165) is 12.8 Å². The molecule has 1 fully saturated rings. The zero-order valence-electron chi connectivity index (χ0n) is 15.1. The van der Waals surface area contributed by atoms with Crippen LogP contribution in [0.5, 0.6) is 0 Å². The molecule has 1 amide bonds. The van der Waals surface area contributed by atoms with Gasteiger partial charge in [-0.1, -0.05) is 12.1 Å². The first-order chi connectivity index (χ1) is 13.0. The van der Waals surface area contributed by atoms with E-state index in [0.29, 0.717) is 43.1 Å². The number of piperidine rings is 1.